The maximum Gasteiger partial charge on any atom is 0.255 e. The first-order valence-corrected chi connectivity index (χ1v) is 8.07. The highest BCUT2D eigenvalue weighted by Crippen LogP contribution is 2.48. The zero-order valence-electron chi connectivity index (χ0n) is 12.8. The van der Waals surface area contributed by atoms with Crippen molar-refractivity contribution in [1.82, 2.24) is 4.90 Å². The molecule has 23 heavy (non-hydrogen) atoms. The van der Waals surface area contributed by atoms with Crippen LogP contribution < -0.4 is 5.73 Å². The van der Waals surface area contributed by atoms with Crippen molar-refractivity contribution in [2.75, 3.05) is 6.54 Å². The van der Waals surface area contributed by atoms with Crippen molar-refractivity contribution >= 4 is 5.91 Å². The summed E-state index contributed by atoms with van der Waals surface area (Å²) >= 11 is 0. The van der Waals surface area contributed by atoms with E-state index in [2.05, 4.69) is 0 Å². The summed E-state index contributed by atoms with van der Waals surface area (Å²) in [6, 6.07) is 14.3. The minimum atomic E-state index is -0.311. The van der Waals surface area contributed by atoms with Crippen molar-refractivity contribution in [3.63, 3.8) is 0 Å². The Morgan fingerprint density at radius 1 is 1.09 bits per heavy atom. The first-order chi connectivity index (χ1) is 11.2. The fraction of sp³-hybridized carbons (Fsp3) is 0.316. The maximum atomic E-state index is 14.2. The Labute approximate surface area is 134 Å². The van der Waals surface area contributed by atoms with Gasteiger partial charge in [-0.1, -0.05) is 36.4 Å². The van der Waals surface area contributed by atoms with Gasteiger partial charge in [0.15, 0.2) is 0 Å². The Bertz CT molecular complexity index is 761. The topological polar surface area (TPSA) is 46.3 Å². The minimum absolute atomic E-state index is 0.0238. The van der Waals surface area contributed by atoms with Crippen LogP contribution in [0.25, 0.3) is 11.1 Å². The lowest BCUT2D eigenvalue weighted by Crippen LogP contribution is -2.42. The lowest BCUT2D eigenvalue weighted by Gasteiger charge is -2.27. The van der Waals surface area contributed by atoms with E-state index in [1.165, 1.54) is 6.07 Å². The van der Waals surface area contributed by atoms with Gasteiger partial charge in [0.05, 0.1) is 0 Å². The number of piperidine rings is 1. The maximum absolute atomic E-state index is 14.2. The number of benzene rings is 2. The van der Waals surface area contributed by atoms with E-state index in [1.54, 1.807) is 24.3 Å². The highest BCUT2D eigenvalue weighted by Gasteiger charge is 2.53. The number of hydrogen-bond donors (Lipinski definition) is 1. The van der Waals surface area contributed by atoms with Gasteiger partial charge < -0.3 is 10.6 Å². The van der Waals surface area contributed by atoms with Gasteiger partial charge in [0.1, 0.15) is 5.82 Å². The molecule has 1 amide bonds. The molecule has 0 spiro atoms. The molecule has 4 rings (SSSR count). The highest BCUT2D eigenvalue weighted by molar-refractivity contribution is 6.01. The third kappa shape index (κ3) is 2.34. The van der Waals surface area contributed by atoms with E-state index in [0.717, 1.165) is 12.8 Å². The number of fused-ring (bicyclic) bond motifs is 1. The monoisotopic (exact) mass is 310 g/mol. The molecule has 2 aromatic carbocycles. The van der Waals surface area contributed by atoms with E-state index in [9.17, 15) is 9.18 Å². The van der Waals surface area contributed by atoms with Gasteiger partial charge in [-0.2, -0.15) is 0 Å². The number of amides is 1. The van der Waals surface area contributed by atoms with Crippen LogP contribution in [0.1, 0.15) is 23.2 Å². The molecular weight excluding hydrogens is 291 g/mol. The van der Waals surface area contributed by atoms with Crippen LogP contribution in [0.2, 0.25) is 0 Å². The van der Waals surface area contributed by atoms with Gasteiger partial charge in [-0.3, -0.25) is 4.79 Å². The summed E-state index contributed by atoms with van der Waals surface area (Å²) in [7, 11) is 0. The number of rotatable bonds is 3. The van der Waals surface area contributed by atoms with Gasteiger partial charge in [0, 0.05) is 29.8 Å². The largest absolute Gasteiger partial charge is 0.331 e. The molecule has 0 unspecified atom stereocenters. The van der Waals surface area contributed by atoms with E-state index < -0.39 is 0 Å². The summed E-state index contributed by atoms with van der Waals surface area (Å²) in [6.45, 7) is 0.487. The molecule has 118 valence electrons. The van der Waals surface area contributed by atoms with Crippen LogP contribution in [-0.4, -0.2) is 29.4 Å². The van der Waals surface area contributed by atoms with E-state index in [0.29, 0.717) is 35.2 Å². The number of likely N-dealkylation sites (tertiary alicyclic amines) is 1. The molecule has 1 saturated carbocycles. The Morgan fingerprint density at radius 2 is 1.78 bits per heavy atom. The van der Waals surface area contributed by atoms with Crippen LogP contribution in [0.15, 0.2) is 48.5 Å². The number of nitrogens with two attached hydrogens (primary N) is 1. The lowest BCUT2D eigenvalue weighted by atomic mass is 9.98. The standard InChI is InChI=1S/C19H19FN2O/c20-17-8-4-3-6-15(17)14-5-1-2-7-16(14)19(23)22-13(11-21)9-12-10-18(12)22/h1-8,12-13,18H,9-11,21H2/t12-,13+,18+/m1/s1. The van der Waals surface area contributed by atoms with E-state index >= 15 is 0 Å². The fourth-order valence-electron chi connectivity index (χ4n) is 3.81. The smallest absolute Gasteiger partial charge is 0.255 e. The quantitative estimate of drug-likeness (QED) is 0.947. The molecular formula is C19H19FN2O. The Hall–Kier alpha value is -2.20. The zero-order valence-corrected chi connectivity index (χ0v) is 12.8. The second-order valence-corrected chi connectivity index (χ2v) is 6.43. The Balaban J connectivity index is 1.75. The summed E-state index contributed by atoms with van der Waals surface area (Å²) in [6.07, 6.45) is 2.07. The number of carbonyl (C=O) groups is 1. The van der Waals surface area contributed by atoms with Crippen molar-refractivity contribution in [3.05, 3.63) is 59.9 Å². The Morgan fingerprint density at radius 3 is 2.52 bits per heavy atom. The first-order valence-electron chi connectivity index (χ1n) is 8.07. The van der Waals surface area contributed by atoms with Gasteiger partial charge in [0.25, 0.3) is 5.91 Å². The number of carbonyl (C=O) groups excluding carboxylic acids is 1. The van der Waals surface area contributed by atoms with Gasteiger partial charge in [-0.25, -0.2) is 4.39 Å². The highest BCUT2D eigenvalue weighted by atomic mass is 19.1. The molecule has 1 aliphatic carbocycles. The molecule has 3 nitrogen and oxygen atoms in total. The molecule has 1 saturated heterocycles. The van der Waals surface area contributed by atoms with Crippen LogP contribution in [0.5, 0.6) is 0 Å². The second-order valence-electron chi connectivity index (χ2n) is 6.43. The molecule has 3 atom stereocenters. The third-order valence-corrected chi connectivity index (χ3v) is 5.04. The molecule has 2 aromatic rings. The SMILES string of the molecule is NC[C@@H]1C[C@@H]2C[C@@H]2N1C(=O)c1ccccc1-c1ccccc1F. The summed E-state index contributed by atoms with van der Waals surface area (Å²) in [5.74, 6) is 0.270. The predicted molar refractivity (Wildman–Crippen MR) is 87.4 cm³/mol. The van der Waals surface area contributed by atoms with Gasteiger partial charge in [0.2, 0.25) is 0 Å². The molecule has 1 heterocycles. The molecule has 2 aliphatic rings. The van der Waals surface area contributed by atoms with Crippen molar-refractivity contribution < 1.29 is 9.18 Å². The van der Waals surface area contributed by atoms with Crippen LogP contribution in [0.3, 0.4) is 0 Å². The number of hydrogen-bond acceptors (Lipinski definition) is 2. The van der Waals surface area contributed by atoms with Gasteiger partial charge >= 0.3 is 0 Å². The zero-order chi connectivity index (χ0) is 16.0. The van der Waals surface area contributed by atoms with Crippen molar-refractivity contribution in [2.24, 2.45) is 11.7 Å². The Kier molecular flexibility index (Phi) is 3.42. The summed E-state index contributed by atoms with van der Waals surface area (Å²) in [5.41, 5.74) is 7.51. The minimum Gasteiger partial charge on any atom is -0.331 e. The normalized spacial score (nSPS) is 25.3. The lowest BCUT2D eigenvalue weighted by molar-refractivity contribution is 0.0706. The van der Waals surface area contributed by atoms with Gasteiger partial charge in [-0.15, -0.1) is 0 Å². The average molecular weight is 310 g/mol. The van der Waals surface area contributed by atoms with Crippen molar-refractivity contribution in [2.45, 2.75) is 24.9 Å². The molecule has 2 fully saturated rings. The van der Waals surface area contributed by atoms with E-state index in [1.807, 2.05) is 23.1 Å². The summed E-state index contributed by atoms with van der Waals surface area (Å²) in [4.78, 5) is 15.0. The number of halogens is 1. The summed E-state index contributed by atoms with van der Waals surface area (Å²) in [5, 5.41) is 0. The second kappa shape index (κ2) is 5.46. The van der Waals surface area contributed by atoms with Crippen LogP contribution in [0, 0.1) is 11.7 Å². The van der Waals surface area contributed by atoms with Crippen molar-refractivity contribution in [1.29, 1.82) is 0 Å². The summed E-state index contributed by atoms with van der Waals surface area (Å²) < 4.78 is 14.2. The molecule has 2 N–H and O–H groups in total. The third-order valence-electron chi connectivity index (χ3n) is 5.04. The van der Waals surface area contributed by atoms with Gasteiger partial charge in [-0.05, 0) is 36.5 Å². The molecule has 0 bridgehead atoms. The molecule has 4 heteroatoms. The molecule has 0 aromatic heterocycles. The first kappa shape index (κ1) is 14.4. The predicted octanol–water partition coefficient (Wildman–Crippen LogP) is 3.05. The van der Waals surface area contributed by atoms with E-state index in [4.69, 9.17) is 5.73 Å². The van der Waals surface area contributed by atoms with E-state index in [-0.39, 0.29) is 17.8 Å². The fourth-order valence-corrected chi connectivity index (χ4v) is 3.81. The van der Waals surface area contributed by atoms with Crippen LogP contribution in [0.4, 0.5) is 4.39 Å². The molecule has 1 aliphatic heterocycles. The van der Waals surface area contributed by atoms with Crippen LogP contribution in [-0.2, 0) is 0 Å². The van der Waals surface area contributed by atoms with Crippen LogP contribution >= 0.6 is 0 Å². The number of nitrogens with zero attached hydrogens (tertiary/aromatic N) is 1. The average Bonchev–Trinajstić information content (AvgIpc) is 3.25. The molecule has 0 radical (unpaired) electrons. The van der Waals surface area contributed by atoms with Crippen molar-refractivity contribution in [3.8, 4) is 11.1 Å².